The lowest BCUT2D eigenvalue weighted by atomic mass is 9.97. The van der Waals surface area contributed by atoms with Crippen LogP contribution in [0.25, 0.3) is 10.6 Å². The highest BCUT2D eigenvalue weighted by molar-refractivity contribution is 7.15. The third kappa shape index (κ3) is 3.11. The van der Waals surface area contributed by atoms with E-state index >= 15 is 0 Å². The van der Waals surface area contributed by atoms with Gasteiger partial charge in [-0.25, -0.2) is 4.98 Å². The Bertz CT molecular complexity index is 591. The van der Waals surface area contributed by atoms with Crippen LogP contribution < -0.4 is 10.1 Å². The molecule has 0 radical (unpaired) electrons. The van der Waals surface area contributed by atoms with Crippen molar-refractivity contribution in [1.29, 1.82) is 0 Å². The number of aryl methyl sites for hydroxylation is 1. The molecule has 4 heteroatoms. The van der Waals surface area contributed by atoms with Gasteiger partial charge < -0.3 is 10.1 Å². The fourth-order valence-electron chi connectivity index (χ4n) is 2.79. The highest BCUT2D eigenvalue weighted by Crippen LogP contribution is 2.37. The molecule has 2 aromatic rings. The Labute approximate surface area is 130 Å². The summed E-state index contributed by atoms with van der Waals surface area (Å²) in [6, 6.07) is 8.64. The number of fused-ring (bicyclic) bond motifs is 1. The van der Waals surface area contributed by atoms with Gasteiger partial charge in [0, 0.05) is 10.4 Å². The first-order chi connectivity index (χ1) is 10.3. The number of ether oxygens (including phenoxy) is 1. The first kappa shape index (κ1) is 14.5. The lowest BCUT2D eigenvalue weighted by Crippen LogP contribution is -2.25. The van der Waals surface area contributed by atoms with E-state index in [2.05, 4.69) is 24.4 Å². The van der Waals surface area contributed by atoms with Crippen LogP contribution in [0.3, 0.4) is 0 Å². The van der Waals surface area contributed by atoms with Crippen molar-refractivity contribution in [3.8, 4) is 16.3 Å². The Kier molecular flexibility index (Phi) is 4.56. The summed E-state index contributed by atoms with van der Waals surface area (Å²) in [5, 5.41) is 4.77. The summed E-state index contributed by atoms with van der Waals surface area (Å²) < 4.78 is 5.22. The zero-order chi connectivity index (χ0) is 14.7. The normalized spacial score (nSPS) is 17.5. The summed E-state index contributed by atoms with van der Waals surface area (Å²) in [5.74, 6) is 0.891. The molecule has 1 aromatic carbocycles. The van der Waals surface area contributed by atoms with Crippen LogP contribution in [0.4, 0.5) is 0 Å². The van der Waals surface area contributed by atoms with Crippen LogP contribution in [0, 0.1) is 0 Å². The van der Waals surface area contributed by atoms with Crippen LogP contribution in [0.2, 0.25) is 0 Å². The van der Waals surface area contributed by atoms with Crippen LogP contribution in [0.1, 0.15) is 42.8 Å². The molecule has 0 saturated carbocycles. The maximum absolute atomic E-state index is 5.22. The summed E-state index contributed by atoms with van der Waals surface area (Å²) in [6.07, 6.45) is 4.81. The molecule has 1 aromatic heterocycles. The second-order valence-electron chi connectivity index (χ2n) is 5.45. The molecule has 0 aliphatic heterocycles. The van der Waals surface area contributed by atoms with Gasteiger partial charge in [0.1, 0.15) is 10.8 Å². The molecule has 0 bridgehead atoms. The minimum Gasteiger partial charge on any atom is -0.497 e. The van der Waals surface area contributed by atoms with Crippen molar-refractivity contribution in [3.05, 3.63) is 34.8 Å². The van der Waals surface area contributed by atoms with Crippen molar-refractivity contribution in [1.82, 2.24) is 10.3 Å². The predicted molar refractivity (Wildman–Crippen MR) is 88.1 cm³/mol. The maximum Gasteiger partial charge on any atom is 0.123 e. The van der Waals surface area contributed by atoms with E-state index in [9.17, 15) is 0 Å². The standard InChI is InChI=1S/C17H22N2OS/c1-3-11-18-14-5-4-6-15-16(14)19-17(21-15)12-7-9-13(20-2)10-8-12/h7-10,14,18H,3-6,11H2,1-2H3. The average molecular weight is 302 g/mol. The number of benzene rings is 1. The molecule has 0 saturated heterocycles. The fraction of sp³-hybridized carbons (Fsp3) is 0.471. The fourth-order valence-corrected chi connectivity index (χ4v) is 3.96. The first-order valence-corrected chi connectivity index (χ1v) is 8.51. The van der Waals surface area contributed by atoms with Crippen molar-refractivity contribution < 1.29 is 4.74 Å². The second kappa shape index (κ2) is 6.58. The summed E-state index contributed by atoms with van der Waals surface area (Å²) in [4.78, 5) is 6.39. The second-order valence-corrected chi connectivity index (χ2v) is 6.54. The smallest absolute Gasteiger partial charge is 0.123 e. The monoisotopic (exact) mass is 302 g/mol. The van der Waals surface area contributed by atoms with Crippen LogP contribution in [0.5, 0.6) is 5.75 Å². The lowest BCUT2D eigenvalue weighted by Gasteiger charge is -2.22. The van der Waals surface area contributed by atoms with Crippen molar-refractivity contribution >= 4 is 11.3 Å². The minimum absolute atomic E-state index is 0.442. The zero-order valence-electron chi connectivity index (χ0n) is 12.7. The molecule has 3 rings (SSSR count). The van der Waals surface area contributed by atoms with Crippen LogP contribution >= 0.6 is 11.3 Å². The van der Waals surface area contributed by atoms with Gasteiger partial charge in [-0.2, -0.15) is 0 Å². The largest absolute Gasteiger partial charge is 0.497 e. The highest BCUT2D eigenvalue weighted by atomic mass is 32.1. The predicted octanol–water partition coefficient (Wildman–Crippen LogP) is 4.20. The van der Waals surface area contributed by atoms with Gasteiger partial charge in [0.05, 0.1) is 18.8 Å². The van der Waals surface area contributed by atoms with E-state index in [0.717, 1.165) is 17.3 Å². The summed E-state index contributed by atoms with van der Waals surface area (Å²) in [7, 11) is 1.70. The van der Waals surface area contributed by atoms with Crippen molar-refractivity contribution in [3.63, 3.8) is 0 Å². The molecule has 1 atom stereocenters. The van der Waals surface area contributed by atoms with E-state index in [1.54, 1.807) is 7.11 Å². The van der Waals surface area contributed by atoms with E-state index in [-0.39, 0.29) is 0 Å². The molecule has 1 unspecified atom stereocenters. The Morgan fingerprint density at radius 2 is 2.14 bits per heavy atom. The molecule has 112 valence electrons. The van der Waals surface area contributed by atoms with E-state index in [1.807, 2.05) is 23.5 Å². The van der Waals surface area contributed by atoms with Gasteiger partial charge in [0.2, 0.25) is 0 Å². The highest BCUT2D eigenvalue weighted by Gasteiger charge is 2.24. The molecule has 0 amide bonds. The molecule has 0 spiro atoms. The first-order valence-electron chi connectivity index (χ1n) is 7.69. The summed E-state index contributed by atoms with van der Waals surface area (Å²) in [6.45, 7) is 3.28. The molecule has 1 N–H and O–H groups in total. The molecule has 1 heterocycles. The van der Waals surface area contributed by atoms with Gasteiger partial charge in [-0.1, -0.05) is 6.92 Å². The number of rotatable bonds is 5. The lowest BCUT2D eigenvalue weighted by molar-refractivity contribution is 0.415. The molecule has 1 aliphatic carbocycles. The molecule has 0 fully saturated rings. The third-order valence-corrected chi connectivity index (χ3v) is 5.11. The maximum atomic E-state index is 5.22. The van der Waals surface area contributed by atoms with Gasteiger partial charge in [0.25, 0.3) is 0 Å². The van der Waals surface area contributed by atoms with Crippen molar-refractivity contribution in [2.24, 2.45) is 0 Å². The van der Waals surface area contributed by atoms with Crippen molar-refractivity contribution in [2.75, 3.05) is 13.7 Å². The Hall–Kier alpha value is -1.39. The topological polar surface area (TPSA) is 34.1 Å². The van der Waals surface area contributed by atoms with Gasteiger partial charge in [-0.05, 0) is 56.5 Å². The number of nitrogens with one attached hydrogen (secondary N) is 1. The number of thiazole rings is 1. The molecule has 21 heavy (non-hydrogen) atoms. The average Bonchev–Trinajstić information content (AvgIpc) is 2.97. The van der Waals surface area contributed by atoms with Gasteiger partial charge in [-0.3, -0.25) is 0 Å². The number of hydrogen-bond acceptors (Lipinski definition) is 4. The third-order valence-electron chi connectivity index (χ3n) is 3.93. The van der Waals surface area contributed by atoms with E-state index in [4.69, 9.17) is 9.72 Å². The quantitative estimate of drug-likeness (QED) is 0.899. The molecule has 1 aliphatic rings. The Morgan fingerprint density at radius 1 is 1.33 bits per heavy atom. The zero-order valence-corrected chi connectivity index (χ0v) is 13.5. The van der Waals surface area contributed by atoms with Gasteiger partial charge in [0.15, 0.2) is 0 Å². The van der Waals surface area contributed by atoms with E-state index in [1.165, 1.54) is 41.8 Å². The Morgan fingerprint density at radius 3 is 2.86 bits per heavy atom. The van der Waals surface area contributed by atoms with Gasteiger partial charge in [-0.15, -0.1) is 11.3 Å². The van der Waals surface area contributed by atoms with Crippen molar-refractivity contribution in [2.45, 2.75) is 38.6 Å². The van der Waals surface area contributed by atoms with Gasteiger partial charge >= 0.3 is 0 Å². The Balaban J connectivity index is 1.86. The number of aromatic nitrogens is 1. The van der Waals surface area contributed by atoms with E-state index < -0.39 is 0 Å². The van der Waals surface area contributed by atoms with Crippen LogP contribution in [-0.2, 0) is 6.42 Å². The molecule has 3 nitrogen and oxygen atoms in total. The molecular formula is C17H22N2OS. The van der Waals surface area contributed by atoms with E-state index in [0.29, 0.717) is 6.04 Å². The number of methoxy groups -OCH3 is 1. The minimum atomic E-state index is 0.442. The summed E-state index contributed by atoms with van der Waals surface area (Å²) in [5.41, 5.74) is 2.47. The number of hydrogen-bond donors (Lipinski definition) is 1. The van der Waals surface area contributed by atoms with Crippen LogP contribution in [0.15, 0.2) is 24.3 Å². The summed E-state index contributed by atoms with van der Waals surface area (Å²) >= 11 is 1.85. The van der Waals surface area contributed by atoms with Crippen LogP contribution in [-0.4, -0.2) is 18.6 Å². The SMILES string of the molecule is CCCNC1CCCc2sc(-c3ccc(OC)cc3)nc21. The molecular weight excluding hydrogens is 280 g/mol. The number of nitrogens with zero attached hydrogens (tertiary/aromatic N) is 1.